The molecule has 2 aromatic carbocycles. The van der Waals surface area contributed by atoms with Crippen LogP contribution in [0.1, 0.15) is 44.6 Å². The summed E-state index contributed by atoms with van der Waals surface area (Å²) >= 11 is 0. The highest BCUT2D eigenvalue weighted by Crippen LogP contribution is 2.26. The van der Waals surface area contributed by atoms with Crippen LogP contribution in [-0.2, 0) is 24.3 Å². The number of aromatic nitrogens is 2. The molecule has 2 N–H and O–H groups in total. The van der Waals surface area contributed by atoms with Gasteiger partial charge in [0.05, 0.1) is 6.54 Å². The van der Waals surface area contributed by atoms with Crippen LogP contribution in [0.15, 0.2) is 60.7 Å². The number of likely N-dealkylation sites (N-methyl/N-ethyl adjacent to an activating group) is 1. The SMILES string of the molecule is Cc1ccc(CNC(=O)C2(C)Cn3nc(C(=O)NCCc4ccccc4)cc3C(=O)N2C)cc1. The zero-order valence-corrected chi connectivity index (χ0v) is 19.7. The smallest absolute Gasteiger partial charge is 0.272 e. The molecule has 0 saturated carbocycles. The molecule has 2 heterocycles. The summed E-state index contributed by atoms with van der Waals surface area (Å²) in [7, 11) is 1.60. The molecule has 3 aromatic rings. The molecule has 1 unspecified atom stereocenters. The monoisotopic (exact) mass is 459 g/mol. The molecular weight excluding hydrogens is 430 g/mol. The van der Waals surface area contributed by atoms with E-state index in [1.54, 1.807) is 14.0 Å². The van der Waals surface area contributed by atoms with Crippen molar-refractivity contribution < 1.29 is 14.4 Å². The average Bonchev–Trinajstić information content (AvgIpc) is 3.26. The summed E-state index contributed by atoms with van der Waals surface area (Å²) in [4.78, 5) is 40.2. The molecule has 3 amide bonds. The maximum absolute atomic E-state index is 13.1. The minimum Gasteiger partial charge on any atom is -0.350 e. The molecule has 8 heteroatoms. The normalized spacial score (nSPS) is 17.3. The third-order valence-corrected chi connectivity index (χ3v) is 6.34. The van der Waals surface area contributed by atoms with Crippen molar-refractivity contribution in [2.45, 2.75) is 38.9 Å². The second-order valence-corrected chi connectivity index (χ2v) is 8.87. The molecule has 1 aromatic heterocycles. The molecule has 4 rings (SSSR count). The Morgan fingerprint density at radius 2 is 1.74 bits per heavy atom. The van der Waals surface area contributed by atoms with Gasteiger partial charge >= 0.3 is 0 Å². The van der Waals surface area contributed by atoms with Crippen molar-refractivity contribution in [3.8, 4) is 0 Å². The summed E-state index contributed by atoms with van der Waals surface area (Å²) in [5.74, 6) is -0.979. The minimum absolute atomic E-state index is 0.154. The Labute approximate surface area is 199 Å². The molecule has 0 aliphatic carbocycles. The van der Waals surface area contributed by atoms with Crippen LogP contribution < -0.4 is 10.6 Å². The van der Waals surface area contributed by atoms with E-state index in [1.165, 1.54) is 15.6 Å². The lowest BCUT2D eigenvalue weighted by Gasteiger charge is -2.40. The zero-order valence-electron chi connectivity index (χ0n) is 19.7. The summed E-state index contributed by atoms with van der Waals surface area (Å²) in [6, 6.07) is 19.2. The zero-order chi connectivity index (χ0) is 24.3. The van der Waals surface area contributed by atoms with E-state index in [4.69, 9.17) is 0 Å². The predicted molar refractivity (Wildman–Crippen MR) is 128 cm³/mol. The Bertz CT molecular complexity index is 1200. The van der Waals surface area contributed by atoms with Gasteiger partial charge in [0.2, 0.25) is 5.91 Å². The molecule has 0 radical (unpaired) electrons. The van der Waals surface area contributed by atoms with Crippen molar-refractivity contribution in [3.05, 3.63) is 88.7 Å². The van der Waals surface area contributed by atoms with Gasteiger partial charge < -0.3 is 15.5 Å². The fourth-order valence-corrected chi connectivity index (χ4v) is 3.97. The fourth-order valence-electron chi connectivity index (χ4n) is 3.97. The van der Waals surface area contributed by atoms with Gasteiger partial charge in [0.15, 0.2) is 5.69 Å². The van der Waals surface area contributed by atoms with Crippen LogP contribution >= 0.6 is 0 Å². The summed E-state index contributed by atoms with van der Waals surface area (Å²) in [6.07, 6.45) is 0.695. The van der Waals surface area contributed by atoms with Gasteiger partial charge in [-0.05, 0) is 31.4 Å². The second kappa shape index (κ2) is 9.51. The number of rotatable bonds is 7. The number of hydrogen-bond acceptors (Lipinski definition) is 4. The molecule has 0 saturated heterocycles. The third-order valence-electron chi connectivity index (χ3n) is 6.34. The lowest BCUT2D eigenvalue weighted by molar-refractivity contribution is -0.132. The summed E-state index contributed by atoms with van der Waals surface area (Å²) in [5, 5.41) is 10.1. The van der Waals surface area contributed by atoms with Gasteiger partial charge in [0.1, 0.15) is 11.2 Å². The maximum Gasteiger partial charge on any atom is 0.272 e. The van der Waals surface area contributed by atoms with Crippen LogP contribution in [0.25, 0.3) is 0 Å². The molecule has 1 atom stereocenters. The highest BCUT2D eigenvalue weighted by Gasteiger charge is 2.46. The van der Waals surface area contributed by atoms with Gasteiger partial charge in [-0.2, -0.15) is 5.10 Å². The molecule has 8 nitrogen and oxygen atoms in total. The van der Waals surface area contributed by atoms with Crippen LogP contribution in [0.4, 0.5) is 0 Å². The number of nitrogens with zero attached hydrogens (tertiary/aromatic N) is 3. The number of benzene rings is 2. The molecule has 34 heavy (non-hydrogen) atoms. The summed E-state index contributed by atoms with van der Waals surface area (Å²) in [6.45, 7) is 4.68. The number of amides is 3. The molecule has 0 spiro atoms. The van der Waals surface area contributed by atoms with Gasteiger partial charge in [-0.3, -0.25) is 19.1 Å². The number of carbonyl (C=O) groups excluding carboxylic acids is 3. The first-order valence-electron chi connectivity index (χ1n) is 11.3. The largest absolute Gasteiger partial charge is 0.350 e. The van der Waals surface area contributed by atoms with Crippen molar-refractivity contribution in [1.29, 1.82) is 0 Å². The first-order valence-corrected chi connectivity index (χ1v) is 11.3. The van der Waals surface area contributed by atoms with E-state index < -0.39 is 5.54 Å². The van der Waals surface area contributed by atoms with Crippen molar-refractivity contribution in [2.24, 2.45) is 0 Å². The highest BCUT2D eigenvalue weighted by molar-refractivity contribution is 6.01. The first kappa shape index (κ1) is 23.2. The van der Waals surface area contributed by atoms with E-state index in [0.29, 0.717) is 25.2 Å². The minimum atomic E-state index is -1.14. The van der Waals surface area contributed by atoms with Gasteiger partial charge in [0, 0.05) is 26.2 Å². The van der Waals surface area contributed by atoms with E-state index >= 15 is 0 Å². The number of aryl methyl sites for hydroxylation is 1. The van der Waals surface area contributed by atoms with Crippen molar-refractivity contribution in [2.75, 3.05) is 13.6 Å². The molecule has 1 aliphatic rings. The Kier molecular flexibility index (Phi) is 6.49. The maximum atomic E-state index is 13.1. The van der Waals surface area contributed by atoms with Crippen molar-refractivity contribution in [3.63, 3.8) is 0 Å². The highest BCUT2D eigenvalue weighted by atomic mass is 16.2. The predicted octanol–water partition coefficient (Wildman–Crippen LogP) is 2.32. The Balaban J connectivity index is 1.42. The van der Waals surface area contributed by atoms with Crippen LogP contribution in [0.3, 0.4) is 0 Å². The average molecular weight is 460 g/mol. The Morgan fingerprint density at radius 3 is 2.44 bits per heavy atom. The topological polar surface area (TPSA) is 96.3 Å². The van der Waals surface area contributed by atoms with Crippen LogP contribution in [-0.4, -0.2) is 51.5 Å². The van der Waals surface area contributed by atoms with Gasteiger partial charge in [-0.1, -0.05) is 60.2 Å². The fraction of sp³-hybridized carbons (Fsp3) is 0.308. The first-order chi connectivity index (χ1) is 16.3. The lowest BCUT2D eigenvalue weighted by Crippen LogP contribution is -2.62. The van der Waals surface area contributed by atoms with Crippen LogP contribution in [0.2, 0.25) is 0 Å². The van der Waals surface area contributed by atoms with E-state index in [2.05, 4.69) is 15.7 Å². The number of fused-ring (bicyclic) bond motifs is 1. The Morgan fingerprint density at radius 1 is 1.03 bits per heavy atom. The van der Waals surface area contributed by atoms with Crippen molar-refractivity contribution >= 4 is 17.7 Å². The molecule has 176 valence electrons. The van der Waals surface area contributed by atoms with Crippen LogP contribution in [0, 0.1) is 6.92 Å². The van der Waals surface area contributed by atoms with Crippen LogP contribution in [0.5, 0.6) is 0 Å². The lowest BCUT2D eigenvalue weighted by atomic mass is 9.95. The van der Waals surface area contributed by atoms with E-state index in [-0.39, 0.29) is 30.0 Å². The molecular formula is C26H29N5O3. The quantitative estimate of drug-likeness (QED) is 0.567. The number of nitrogens with one attached hydrogen (secondary N) is 2. The Hall–Kier alpha value is -3.94. The summed E-state index contributed by atoms with van der Waals surface area (Å²) in [5.41, 5.74) is 2.55. The third kappa shape index (κ3) is 4.71. The molecule has 0 fully saturated rings. The van der Waals surface area contributed by atoms with Gasteiger partial charge in [-0.15, -0.1) is 0 Å². The van der Waals surface area contributed by atoms with Gasteiger partial charge in [0.25, 0.3) is 11.8 Å². The van der Waals surface area contributed by atoms with Crippen molar-refractivity contribution in [1.82, 2.24) is 25.3 Å². The van der Waals surface area contributed by atoms with E-state index in [9.17, 15) is 14.4 Å². The second-order valence-electron chi connectivity index (χ2n) is 8.87. The summed E-state index contributed by atoms with van der Waals surface area (Å²) < 4.78 is 1.46. The van der Waals surface area contributed by atoms with E-state index in [0.717, 1.165) is 16.7 Å². The molecule has 0 bridgehead atoms. The molecule has 1 aliphatic heterocycles. The van der Waals surface area contributed by atoms with Gasteiger partial charge in [-0.25, -0.2) is 0 Å². The number of hydrogen-bond donors (Lipinski definition) is 2. The van der Waals surface area contributed by atoms with E-state index in [1.807, 2.05) is 61.5 Å². The standard InChI is InChI=1S/C26H29N5O3/c1-18-9-11-20(12-10-18)16-28-25(34)26(2)17-31-22(24(33)30(26)3)15-21(29-31)23(32)27-14-13-19-7-5-4-6-8-19/h4-12,15H,13-14,16-17H2,1-3H3,(H,27,32)(H,28,34). The number of carbonyl (C=O) groups is 3.